The van der Waals surface area contributed by atoms with Crippen molar-refractivity contribution in [3.05, 3.63) is 35.9 Å². The molecule has 1 aromatic carbocycles. The predicted molar refractivity (Wildman–Crippen MR) is 98.2 cm³/mol. The van der Waals surface area contributed by atoms with E-state index in [1.54, 1.807) is 0 Å². The average Bonchev–Trinajstić information content (AvgIpc) is 2.57. The van der Waals surface area contributed by atoms with Crippen LogP contribution in [0.4, 0.5) is 0 Å². The topological polar surface area (TPSA) is 32.7 Å². The predicted octanol–water partition coefficient (Wildman–Crippen LogP) is 4.20. The van der Waals surface area contributed by atoms with Crippen LogP contribution in [0.15, 0.2) is 30.3 Å². The van der Waals surface area contributed by atoms with Crippen LogP contribution in [0, 0.1) is 0 Å². The van der Waals surface area contributed by atoms with Crippen molar-refractivity contribution in [2.24, 2.45) is 0 Å². The zero-order chi connectivity index (χ0) is 15.8. The maximum absolute atomic E-state index is 10.3. The van der Waals surface area contributed by atoms with Gasteiger partial charge in [0.25, 0.3) is 0 Å². The zero-order valence-electron chi connectivity index (χ0n) is 14.5. The summed E-state index contributed by atoms with van der Waals surface area (Å²) < 4.78 is 5.95. The maximum atomic E-state index is 10.3. The molecule has 2 unspecified atom stereocenters. The lowest BCUT2D eigenvalue weighted by Gasteiger charge is -2.32. The van der Waals surface area contributed by atoms with Crippen molar-refractivity contribution in [3.63, 3.8) is 0 Å². The quantitative estimate of drug-likeness (QED) is 0.769. The third-order valence-electron chi connectivity index (χ3n) is 4.73. The lowest BCUT2D eigenvalue weighted by atomic mass is 9.94. The smallest absolute Gasteiger partial charge is 0.0900 e. The third-order valence-corrected chi connectivity index (χ3v) is 4.73. The molecule has 1 fully saturated rings. The summed E-state index contributed by atoms with van der Waals surface area (Å²) in [5.74, 6) is 0. The zero-order valence-corrected chi connectivity index (χ0v) is 15.3. The van der Waals surface area contributed by atoms with Crippen molar-refractivity contribution in [2.45, 2.75) is 63.7 Å². The summed E-state index contributed by atoms with van der Waals surface area (Å²) in [7, 11) is 2.13. The molecular weight excluding hydrogens is 310 g/mol. The van der Waals surface area contributed by atoms with Crippen LogP contribution in [0.1, 0.15) is 57.1 Å². The van der Waals surface area contributed by atoms with E-state index < -0.39 is 6.10 Å². The number of nitrogens with zero attached hydrogens (tertiary/aromatic N) is 1. The number of hydrogen-bond donors (Lipinski definition) is 1. The molecule has 0 heterocycles. The minimum atomic E-state index is -0.412. The summed E-state index contributed by atoms with van der Waals surface area (Å²) in [6.07, 6.45) is 7.15. The molecule has 2 rings (SSSR count). The Labute approximate surface area is 147 Å². The van der Waals surface area contributed by atoms with Crippen LogP contribution in [0.25, 0.3) is 0 Å². The molecule has 0 aromatic heterocycles. The molecule has 23 heavy (non-hydrogen) atoms. The lowest BCUT2D eigenvalue weighted by Crippen LogP contribution is -2.40. The molecule has 0 amide bonds. The molecule has 0 spiro atoms. The maximum Gasteiger partial charge on any atom is 0.0900 e. The largest absolute Gasteiger partial charge is 0.389 e. The van der Waals surface area contributed by atoms with Gasteiger partial charge in [0.2, 0.25) is 0 Å². The van der Waals surface area contributed by atoms with Crippen LogP contribution in [-0.2, 0) is 4.74 Å². The van der Waals surface area contributed by atoms with E-state index >= 15 is 0 Å². The Hall–Kier alpha value is -0.610. The van der Waals surface area contributed by atoms with Crippen LogP contribution in [-0.4, -0.2) is 42.4 Å². The first-order chi connectivity index (χ1) is 10.7. The summed E-state index contributed by atoms with van der Waals surface area (Å²) in [5, 5.41) is 10.3. The molecule has 1 aromatic rings. The number of aliphatic hydroxyl groups is 1. The highest BCUT2D eigenvalue weighted by molar-refractivity contribution is 5.85. The van der Waals surface area contributed by atoms with Crippen molar-refractivity contribution >= 4 is 12.4 Å². The van der Waals surface area contributed by atoms with E-state index in [1.807, 2.05) is 18.2 Å². The standard InChI is InChI=1S/C19H31NO2.ClH/c1-3-19(16-10-6-4-7-11-16)22-15-18(21)14-20(2)17-12-8-5-9-13-17;/h4,6-7,10-11,17-19,21H,3,5,8-9,12-15H2,1-2H3;1H. The van der Waals surface area contributed by atoms with Gasteiger partial charge >= 0.3 is 0 Å². The SMILES string of the molecule is CCC(OCC(O)CN(C)C1CCCCC1)c1ccccc1.Cl. The second-order valence-electron chi connectivity index (χ2n) is 6.53. The van der Waals surface area contributed by atoms with E-state index in [1.165, 1.54) is 37.7 Å². The molecular formula is C19H32ClNO2. The first-order valence-corrected chi connectivity index (χ1v) is 8.75. The normalized spacial score (nSPS) is 18.4. The van der Waals surface area contributed by atoms with Gasteiger partial charge in [0.05, 0.1) is 18.8 Å². The summed E-state index contributed by atoms with van der Waals surface area (Å²) >= 11 is 0. The Balaban J connectivity index is 0.00000264. The van der Waals surface area contributed by atoms with Gasteiger partial charge in [0, 0.05) is 12.6 Å². The summed E-state index contributed by atoms with van der Waals surface area (Å²) in [4.78, 5) is 2.32. The van der Waals surface area contributed by atoms with Crippen molar-refractivity contribution in [1.82, 2.24) is 4.90 Å². The fourth-order valence-corrected chi connectivity index (χ4v) is 3.40. The second kappa shape index (κ2) is 11.0. The van der Waals surface area contributed by atoms with Crippen LogP contribution in [0.5, 0.6) is 0 Å². The number of ether oxygens (including phenoxy) is 1. The van der Waals surface area contributed by atoms with Crippen molar-refractivity contribution in [1.29, 1.82) is 0 Å². The molecule has 1 N–H and O–H groups in total. The highest BCUT2D eigenvalue weighted by Gasteiger charge is 2.20. The van der Waals surface area contributed by atoms with E-state index in [2.05, 4.69) is 31.0 Å². The van der Waals surface area contributed by atoms with Crippen LogP contribution >= 0.6 is 12.4 Å². The average molecular weight is 342 g/mol. The Bertz CT molecular complexity index is 409. The second-order valence-corrected chi connectivity index (χ2v) is 6.53. The Morgan fingerprint density at radius 3 is 2.43 bits per heavy atom. The summed E-state index contributed by atoms with van der Waals surface area (Å²) in [6, 6.07) is 10.9. The van der Waals surface area contributed by atoms with Crippen molar-refractivity contribution in [3.8, 4) is 0 Å². The highest BCUT2D eigenvalue weighted by Crippen LogP contribution is 2.23. The summed E-state index contributed by atoms with van der Waals surface area (Å²) in [5.41, 5.74) is 1.19. The third kappa shape index (κ3) is 6.80. The van der Waals surface area contributed by atoms with Crippen molar-refractivity contribution in [2.75, 3.05) is 20.2 Å². The van der Waals surface area contributed by atoms with Crippen LogP contribution in [0.3, 0.4) is 0 Å². The monoisotopic (exact) mass is 341 g/mol. The molecule has 2 atom stereocenters. The van der Waals surface area contributed by atoms with Gasteiger partial charge in [-0.05, 0) is 31.9 Å². The molecule has 1 aliphatic rings. The van der Waals surface area contributed by atoms with Gasteiger partial charge in [-0.2, -0.15) is 0 Å². The first kappa shape index (κ1) is 20.4. The van der Waals surface area contributed by atoms with Gasteiger partial charge in [-0.25, -0.2) is 0 Å². The van der Waals surface area contributed by atoms with Crippen LogP contribution < -0.4 is 0 Å². The van der Waals surface area contributed by atoms with Gasteiger partial charge < -0.3 is 14.7 Å². The van der Waals surface area contributed by atoms with Gasteiger partial charge in [-0.3, -0.25) is 0 Å². The Kier molecular flexibility index (Phi) is 9.80. The first-order valence-electron chi connectivity index (χ1n) is 8.75. The van der Waals surface area contributed by atoms with E-state index in [0.717, 1.165) is 6.42 Å². The van der Waals surface area contributed by atoms with Gasteiger partial charge in [-0.15, -0.1) is 12.4 Å². The molecule has 132 valence electrons. The number of rotatable bonds is 8. The molecule has 3 nitrogen and oxygen atoms in total. The number of halogens is 1. The molecule has 0 bridgehead atoms. The van der Waals surface area contributed by atoms with E-state index in [4.69, 9.17) is 4.74 Å². The van der Waals surface area contributed by atoms with Gasteiger partial charge in [-0.1, -0.05) is 56.5 Å². The molecule has 1 aliphatic carbocycles. The molecule has 1 saturated carbocycles. The molecule has 0 aliphatic heterocycles. The number of aliphatic hydroxyl groups excluding tert-OH is 1. The number of benzene rings is 1. The van der Waals surface area contributed by atoms with E-state index in [-0.39, 0.29) is 18.5 Å². The molecule has 0 radical (unpaired) electrons. The van der Waals surface area contributed by atoms with Crippen LogP contribution in [0.2, 0.25) is 0 Å². The van der Waals surface area contributed by atoms with Crippen molar-refractivity contribution < 1.29 is 9.84 Å². The Morgan fingerprint density at radius 1 is 1.17 bits per heavy atom. The number of likely N-dealkylation sites (N-methyl/N-ethyl adjacent to an activating group) is 1. The molecule has 0 saturated heterocycles. The van der Waals surface area contributed by atoms with E-state index in [0.29, 0.717) is 19.2 Å². The van der Waals surface area contributed by atoms with Gasteiger partial charge in [0.15, 0.2) is 0 Å². The lowest BCUT2D eigenvalue weighted by molar-refractivity contribution is -0.0264. The van der Waals surface area contributed by atoms with E-state index in [9.17, 15) is 5.11 Å². The fraction of sp³-hybridized carbons (Fsp3) is 0.684. The van der Waals surface area contributed by atoms with Gasteiger partial charge in [0.1, 0.15) is 0 Å². The minimum absolute atomic E-state index is 0. The highest BCUT2D eigenvalue weighted by atomic mass is 35.5. The minimum Gasteiger partial charge on any atom is -0.389 e. The molecule has 4 heteroatoms. The summed E-state index contributed by atoms with van der Waals surface area (Å²) in [6.45, 7) is 3.23. The number of hydrogen-bond acceptors (Lipinski definition) is 3. The Morgan fingerprint density at radius 2 is 1.83 bits per heavy atom. The fourth-order valence-electron chi connectivity index (χ4n) is 3.40.